The van der Waals surface area contributed by atoms with Crippen LogP contribution >= 0.6 is 0 Å². The van der Waals surface area contributed by atoms with Crippen molar-refractivity contribution in [3.63, 3.8) is 0 Å². The fraction of sp³-hybridized carbons (Fsp3) is 0.560. The summed E-state index contributed by atoms with van der Waals surface area (Å²) in [4.78, 5) is 39.2. The molecule has 0 unspecified atom stereocenters. The van der Waals surface area contributed by atoms with E-state index in [2.05, 4.69) is 0 Å². The first-order chi connectivity index (χ1) is 14.9. The van der Waals surface area contributed by atoms with E-state index in [4.69, 9.17) is 14.2 Å². The SMILES string of the molecule is Cn1c(=O)c2c(c3ccccc31)OC(C)(C)[C@H](OC(=O)[C@@]13CC[C@@](C)(C(=O)O1)C3(C)C)C2. The predicted octanol–water partition coefficient (Wildman–Crippen LogP) is 3.29. The molecule has 2 fully saturated rings. The summed E-state index contributed by atoms with van der Waals surface area (Å²) in [6.07, 6.45) is 0.534. The lowest BCUT2D eigenvalue weighted by molar-refractivity contribution is -0.195. The van der Waals surface area contributed by atoms with Gasteiger partial charge in [0.05, 0.1) is 16.5 Å². The average molecular weight is 440 g/mol. The van der Waals surface area contributed by atoms with E-state index in [1.807, 2.05) is 58.9 Å². The first kappa shape index (κ1) is 21.0. The number of esters is 2. The van der Waals surface area contributed by atoms with Gasteiger partial charge in [0.15, 0.2) is 0 Å². The Morgan fingerprint density at radius 2 is 1.75 bits per heavy atom. The van der Waals surface area contributed by atoms with Crippen LogP contribution in [0.1, 0.15) is 53.0 Å². The van der Waals surface area contributed by atoms with E-state index in [9.17, 15) is 14.4 Å². The zero-order valence-electron chi connectivity index (χ0n) is 19.4. The molecule has 0 amide bonds. The molecule has 7 heteroatoms. The first-order valence-electron chi connectivity index (χ1n) is 11.1. The highest BCUT2D eigenvalue weighted by atomic mass is 16.6. The molecule has 1 aromatic heterocycles. The number of fused-ring (bicyclic) bond motifs is 5. The summed E-state index contributed by atoms with van der Waals surface area (Å²) in [7, 11) is 1.73. The number of carbonyl (C=O) groups excluding carboxylic acids is 2. The van der Waals surface area contributed by atoms with Crippen molar-refractivity contribution in [3.05, 3.63) is 40.2 Å². The lowest BCUT2D eigenvalue weighted by Gasteiger charge is -2.42. The predicted molar refractivity (Wildman–Crippen MR) is 117 cm³/mol. The maximum atomic E-state index is 13.5. The molecule has 1 saturated carbocycles. The number of ether oxygens (including phenoxy) is 3. The highest BCUT2D eigenvalue weighted by Gasteiger charge is 2.76. The molecule has 3 heterocycles. The monoisotopic (exact) mass is 439 g/mol. The summed E-state index contributed by atoms with van der Waals surface area (Å²) in [5, 5.41) is 0.846. The lowest BCUT2D eigenvalue weighted by Crippen LogP contribution is -2.55. The Hall–Kier alpha value is -2.83. The molecule has 2 aromatic rings. The summed E-state index contributed by atoms with van der Waals surface area (Å²) in [5.41, 5.74) is -2.50. The molecule has 0 N–H and O–H groups in total. The second-order valence-corrected chi connectivity index (χ2v) is 10.7. The highest BCUT2D eigenvalue weighted by Crippen LogP contribution is 2.66. The molecule has 5 rings (SSSR count). The van der Waals surface area contributed by atoms with Crippen LogP contribution in [0.4, 0.5) is 0 Å². The van der Waals surface area contributed by atoms with Gasteiger partial charge in [-0.2, -0.15) is 0 Å². The second kappa shape index (κ2) is 6.15. The van der Waals surface area contributed by atoms with E-state index in [1.54, 1.807) is 11.6 Å². The molecule has 3 atom stereocenters. The number of benzene rings is 1. The molecule has 2 aliphatic heterocycles. The molecule has 32 heavy (non-hydrogen) atoms. The molecule has 1 saturated heterocycles. The summed E-state index contributed by atoms with van der Waals surface area (Å²) >= 11 is 0. The van der Waals surface area contributed by atoms with Crippen molar-refractivity contribution < 1.29 is 23.8 Å². The third-order valence-corrected chi connectivity index (χ3v) is 8.54. The van der Waals surface area contributed by atoms with Crippen LogP contribution in [0.2, 0.25) is 0 Å². The third-order valence-electron chi connectivity index (χ3n) is 8.54. The minimum Gasteiger partial charge on any atom is -0.483 e. The number of pyridine rings is 1. The summed E-state index contributed by atoms with van der Waals surface area (Å²) < 4.78 is 19.6. The van der Waals surface area contributed by atoms with Crippen LogP contribution in [-0.2, 0) is 32.5 Å². The smallest absolute Gasteiger partial charge is 0.351 e. The normalized spacial score (nSPS) is 31.7. The maximum Gasteiger partial charge on any atom is 0.351 e. The number of para-hydroxylation sites is 1. The van der Waals surface area contributed by atoms with Gasteiger partial charge in [0.2, 0.25) is 5.60 Å². The standard InChI is InChI=1S/C25H29NO6/c1-22(2)17(30-21(29)25-12-11-24(5,20(28)32-25)23(25,3)4)13-15-18(31-22)14-9-7-8-10-16(14)26(6)19(15)27/h7-10,17H,11-13H2,1-6H3/t17-,24+,25-/m1/s1. The molecule has 7 nitrogen and oxygen atoms in total. The number of hydrogen-bond donors (Lipinski definition) is 0. The molecule has 0 radical (unpaired) electrons. The fourth-order valence-electron chi connectivity index (χ4n) is 5.70. The molecule has 0 spiro atoms. The molecular weight excluding hydrogens is 410 g/mol. The van der Waals surface area contributed by atoms with Crippen molar-refractivity contribution in [2.75, 3.05) is 0 Å². The van der Waals surface area contributed by atoms with Crippen molar-refractivity contribution in [1.82, 2.24) is 4.57 Å². The molecule has 3 aliphatic rings. The highest BCUT2D eigenvalue weighted by molar-refractivity contribution is 5.94. The van der Waals surface area contributed by atoms with Crippen LogP contribution in [0.3, 0.4) is 0 Å². The van der Waals surface area contributed by atoms with Gasteiger partial charge in [-0.1, -0.05) is 26.0 Å². The summed E-state index contributed by atoms with van der Waals surface area (Å²) in [6.45, 7) is 9.35. The number of nitrogens with zero attached hydrogens (tertiary/aromatic N) is 1. The largest absolute Gasteiger partial charge is 0.483 e. The van der Waals surface area contributed by atoms with Crippen molar-refractivity contribution in [2.24, 2.45) is 17.9 Å². The zero-order valence-corrected chi connectivity index (χ0v) is 19.4. The van der Waals surface area contributed by atoms with E-state index in [0.717, 1.165) is 10.9 Å². The Bertz CT molecular complexity index is 1240. The first-order valence-corrected chi connectivity index (χ1v) is 11.1. The van der Waals surface area contributed by atoms with Gasteiger partial charge in [0.25, 0.3) is 5.56 Å². The topological polar surface area (TPSA) is 83.8 Å². The zero-order chi connectivity index (χ0) is 23.3. The number of aromatic nitrogens is 1. The lowest BCUT2D eigenvalue weighted by atomic mass is 9.66. The number of hydrogen-bond acceptors (Lipinski definition) is 6. The van der Waals surface area contributed by atoms with Crippen LogP contribution < -0.4 is 10.3 Å². The summed E-state index contributed by atoms with van der Waals surface area (Å²) in [5.74, 6) is -0.365. The van der Waals surface area contributed by atoms with Crippen LogP contribution in [0, 0.1) is 10.8 Å². The fourth-order valence-corrected chi connectivity index (χ4v) is 5.70. The molecule has 170 valence electrons. The van der Waals surface area contributed by atoms with E-state index >= 15 is 0 Å². The van der Waals surface area contributed by atoms with E-state index in [0.29, 0.717) is 24.2 Å². The molecular formula is C25H29NO6. The number of rotatable bonds is 2. The van der Waals surface area contributed by atoms with Gasteiger partial charge < -0.3 is 18.8 Å². The Labute approximate surface area is 186 Å². The number of aryl methyl sites for hydroxylation is 1. The average Bonchev–Trinajstić information content (AvgIpc) is 3.03. The molecule has 1 aromatic carbocycles. The second-order valence-electron chi connectivity index (χ2n) is 10.7. The van der Waals surface area contributed by atoms with Gasteiger partial charge in [-0.15, -0.1) is 0 Å². The Morgan fingerprint density at radius 3 is 2.38 bits per heavy atom. The van der Waals surface area contributed by atoms with Crippen molar-refractivity contribution in [1.29, 1.82) is 0 Å². The minimum absolute atomic E-state index is 0.172. The van der Waals surface area contributed by atoms with Gasteiger partial charge in [-0.3, -0.25) is 9.59 Å². The Morgan fingerprint density at radius 1 is 1.06 bits per heavy atom. The van der Waals surface area contributed by atoms with E-state index in [-0.39, 0.29) is 17.9 Å². The van der Waals surface area contributed by atoms with E-state index in [1.165, 1.54) is 0 Å². The van der Waals surface area contributed by atoms with Crippen molar-refractivity contribution >= 4 is 22.8 Å². The molecule has 1 aliphatic carbocycles. The maximum absolute atomic E-state index is 13.5. The number of carbonyl (C=O) groups is 2. The Kier molecular flexibility index (Phi) is 4.04. The molecule has 2 bridgehead atoms. The van der Waals surface area contributed by atoms with Gasteiger partial charge in [-0.05, 0) is 45.7 Å². The van der Waals surface area contributed by atoms with Gasteiger partial charge in [0, 0.05) is 24.3 Å². The Balaban J connectivity index is 1.53. The van der Waals surface area contributed by atoms with Gasteiger partial charge in [-0.25, -0.2) is 4.79 Å². The summed E-state index contributed by atoms with van der Waals surface area (Å²) in [6, 6.07) is 7.59. The van der Waals surface area contributed by atoms with Crippen molar-refractivity contribution in [2.45, 2.75) is 71.2 Å². The van der Waals surface area contributed by atoms with Crippen LogP contribution in [0.25, 0.3) is 10.9 Å². The minimum atomic E-state index is -1.32. The van der Waals surface area contributed by atoms with Crippen LogP contribution in [0.5, 0.6) is 5.75 Å². The van der Waals surface area contributed by atoms with Gasteiger partial charge in [0.1, 0.15) is 17.5 Å². The van der Waals surface area contributed by atoms with E-state index < -0.39 is 34.1 Å². The van der Waals surface area contributed by atoms with Gasteiger partial charge >= 0.3 is 11.9 Å². The third kappa shape index (κ3) is 2.34. The van der Waals surface area contributed by atoms with Crippen LogP contribution in [-0.4, -0.2) is 33.8 Å². The van der Waals surface area contributed by atoms with Crippen LogP contribution in [0.15, 0.2) is 29.1 Å². The quantitative estimate of drug-likeness (QED) is 0.668. The van der Waals surface area contributed by atoms with Crippen molar-refractivity contribution in [3.8, 4) is 5.75 Å².